The lowest BCUT2D eigenvalue weighted by Gasteiger charge is -2.32. The molecule has 1 saturated carbocycles. The van der Waals surface area contributed by atoms with Crippen molar-refractivity contribution in [3.8, 4) is 11.8 Å². The zero-order chi connectivity index (χ0) is 16.9. The molecule has 0 unspecified atom stereocenters. The quantitative estimate of drug-likeness (QED) is 0.847. The first-order valence-electron chi connectivity index (χ1n) is 7.97. The van der Waals surface area contributed by atoms with Crippen molar-refractivity contribution >= 4 is 11.7 Å². The molecule has 1 aromatic rings. The molecule has 0 heterocycles. The lowest BCUT2D eigenvalue weighted by molar-refractivity contribution is -0.129. The highest BCUT2D eigenvalue weighted by atomic mass is 16.5. The van der Waals surface area contributed by atoms with E-state index in [4.69, 9.17) is 4.74 Å². The van der Waals surface area contributed by atoms with Crippen molar-refractivity contribution in [2.75, 3.05) is 0 Å². The van der Waals surface area contributed by atoms with Gasteiger partial charge in [0.25, 0.3) is 5.91 Å². The monoisotopic (exact) mass is 314 g/mol. The van der Waals surface area contributed by atoms with Gasteiger partial charge < -0.3 is 10.1 Å². The van der Waals surface area contributed by atoms with Crippen LogP contribution in [0.2, 0.25) is 0 Å². The predicted octanol–water partition coefficient (Wildman–Crippen LogP) is 3.00. The zero-order valence-electron chi connectivity index (χ0n) is 13.6. The molecule has 0 radical (unpaired) electrons. The van der Waals surface area contributed by atoms with Crippen molar-refractivity contribution in [3.05, 3.63) is 29.8 Å². The Balaban J connectivity index is 1.96. The molecular weight excluding hydrogens is 292 g/mol. The van der Waals surface area contributed by atoms with Crippen LogP contribution in [0.1, 0.15) is 56.3 Å². The number of nitrogens with zero attached hydrogens (tertiary/aromatic N) is 1. The van der Waals surface area contributed by atoms with Gasteiger partial charge in [-0.25, -0.2) is 0 Å². The average Bonchev–Trinajstić information content (AvgIpc) is 2.56. The Kier molecular flexibility index (Phi) is 5.38. The predicted molar refractivity (Wildman–Crippen MR) is 86.1 cm³/mol. The number of benzene rings is 1. The van der Waals surface area contributed by atoms with Crippen LogP contribution in [0.15, 0.2) is 24.3 Å². The summed E-state index contributed by atoms with van der Waals surface area (Å²) < 4.78 is 5.61. The molecule has 1 aliphatic carbocycles. The lowest BCUT2D eigenvalue weighted by atomic mass is 9.83. The smallest absolute Gasteiger partial charge is 0.262 e. The molecule has 1 atom stereocenters. The number of hydrogen-bond donors (Lipinski definition) is 1. The van der Waals surface area contributed by atoms with E-state index < -0.39 is 11.6 Å². The van der Waals surface area contributed by atoms with Crippen LogP contribution in [0, 0.1) is 11.3 Å². The number of rotatable bonds is 5. The Morgan fingerprint density at radius 2 is 1.83 bits per heavy atom. The van der Waals surface area contributed by atoms with Gasteiger partial charge >= 0.3 is 0 Å². The van der Waals surface area contributed by atoms with Gasteiger partial charge in [-0.15, -0.1) is 0 Å². The van der Waals surface area contributed by atoms with E-state index in [1.54, 1.807) is 31.2 Å². The first kappa shape index (κ1) is 17.0. The van der Waals surface area contributed by atoms with Crippen molar-refractivity contribution < 1.29 is 14.3 Å². The van der Waals surface area contributed by atoms with Gasteiger partial charge in [0.1, 0.15) is 11.3 Å². The van der Waals surface area contributed by atoms with Gasteiger partial charge in [0.2, 0.25) is 0 Å². The van der Waals surface area contributed by atoms with Crippen LogP contribution in [0.25, 0.3) is 0 Å². The first-order chi connectivity index (χ1) is 11.0. The largest absolute Gasteiger partial charge is 0.481 e. The minimum atomic E-state index is -0.758. The van der Waals surface area contributed by atoms with Gasteiger partial charge in [0.05, 0.1) is 6.07 Å². The lowest BCUT2D eigenvalue weighted by Crippen LogP contribution is -2.52. The van der Waals surface area contributed by atoms with Gasteiger partial charge in [0, 0.05) is 5.56 Å². The number of carbonyl (C=O) groups is 2. The number of ether oxygens (including phenoxy) is 1. The maximum atomic E-state index is 12.3. The Morgan fingerprint density at radius 1 is 1.22 bits per heavy atom. The van der Waals surface area contributed by atoms with Crippen molar-refractivity contribution in [2.24, 2.45) is 0 Å². The average molecular weight is 314 g/mol. The summed E-state index contributed by atoms with van der Waals surface area (Å²) in [5, 5.41) is 12.3. The fourth-order valence-electron chi connectivity index (χ4n) is 2.78. The molecule has 1 fully saturated rings. The maximum absolute atomic E-state index is 12.3. The van der Waals surface area contributed by atoms with Crippen LogP contribution in [-0.2, 0) is 4.79 Å². The van der Waals surface area contributed by atoms with Crippen LogP contribution >= 0.6 is 0 Å². The first-order valence-corrected chi connectivity index (χ1v) is 7.97. The number of amides is 1. The highest BCUT2D eigenvalue weighted by molar-refractivity contribution is 5.94. The van der Waals surface area contributed by atoms with E-state index in [1.165, 1.54) is 6.92 Å². The van der Waals surface area contributed by atoms with Crippen molar-refractivity contribution in [1.29, 1.82) is 5.26 Å². The van der Waals surface area contributed by atoms with E-state index in [1.807, 2.05) is 0 Å². The summed E-state index contributed by atoms with van der Waals surface area (Å²) in [6, 6.07) is 8.93. The third-order valence-electron chi connectivity index (χ3n) is 4.23. The molecule has 0 aliphatic heterocycles. The highest BCUT2D eigenvalue weighted by Crippen LogP contribution is 2.27. The number of Topliss-reactive ketones (excluding diaryl/α,β-unsaturated/α-hetero) is 1. The fourth-order valence-corrected chi connectivity index (χ4v) is 2.78. The van der Waals surface area contributed by atoms with Crippen LogP contribution in [-0.4, -0.2) is 23.3 Å². The van der Waals surface area contributed by atoms with Crippen LogP contribution < -0.4 is 10.1 Å². The van der Waals surface area contributed by atoms with Gasteiger partial charge in [-0.2, -0.15) is 5.26 Å². The standard InChI is InChI=1S/C18H22N2O3/c1-13(21)15-6-8-16(9-7-15)23-14(2)17(22)20-18(12-19)10-4-3-5-11-18/h6-9,14H,3-5,10-11H2,1-2H3,(H,20,22)/t14-/m0/s1. The Hall–Kier alpha value is -2.35. The maximum Gasteiger partial charge on any atom is 0.262 e. The molecule has 1 aromatic carbocycles. The third-order valence-corrected chi connectivity index (χ3v) is 4.23. The summed E-state index contributed by atoms with van der Waals surface area (Å²) >= 11 is 0. The van der Waals surface area contributed by atoms with E-state index >= 15 is 0 Å². The minimum absolute atomic E-state index is 0.0180. The molecule has 5 nitrogen and oxygen atoms in total. The van der Waals surface area contributed by atoms with E-state index in [9.17, 15) is 14.9 Å². The number of nitrogens with one attached hydrogen (secondary N) is 1. The summed E-state index contributed by atoms with van der Waals surface area (Å²) in [6.07, 6.45) is 3.69. The molecular formula is C18H22N2O3. The molecule has 5 heteroatoms. The number of carbonyl (C=O) groups excluding carboxylic acids is 2. The molecule has 0 bridgehead atoms. The summed E-state index contributed by atoms with van der Waals surface area (Å²) in [4.78, 5) is 23.6. The van der Waals surface area contributed by atoms with E-state index in [0.29, 0.717) is 24.2 Å². The second kappa shape index (κ2) is 7.28. The second-order valence-electron chi connectivity index (χ2n) is 6.08. The van der Waals surface area contributed by atoms with E-state index in [-0.39, 0.29) is 11.7 Å². The zero-order valence-corrected chi connectivity index (χ0v) is 13.6. The third kappa shape index (κ3) is 4.32. The van der Waals surface area contributed by atoms with Crippen molar-refractivity contribution in [1.82, 2.24) is 5.32 Å². The SMILES string of the molecule is CC(=O)c1ccc(O[C@@H](C)C(=O)NC2(C#N)CCCCC2)cc1. The second-order valence-corrected chi connectivity index (χ2v) is 6.08. The van der Waals surface area contributed by atoms with Gasteiger partial charge in [-0.1, -0.05) is 19.3 Å². The molecule has 1 aliphatic rings. The normalized spacial score (nSPS) is 17.6. The Morgan fingerprint density at radius 3 is 2.35 bits per heavy atom. The van der Waals surface area contributed by atoms with Crippen LogP contribution in [0.3, 0.4) is 0 Å². The summed E-state index contributed by atoms with van der Waals surface area (Å²) in [6.45, 7) is 3.15. The Bertz CT molecular complexity index is 610. The number of hydrogen-bond acceptors (Lipinski definition) is 4. The van der Waals surface area contributed by atoms with Crippen LogP contribution in [0.5, 0.6) is 5.75 Å². The number of nitriles is 1. The molecule has 23 heavy (non-hydrogen) atoms. The summed E-state index contributed by atoms with van der Waals surface area (Å²) in [7, 11) is 0. The molecule has 0 saturated heterocycles. The van der Waals surface area contributed by atoms with Crippen LogP contribution in [0.4, 0.5) is 0 Å². The summed E-state index contributed by atoms with van der Waals surface area (Å²) in [5.74, 6) is 0.215. The van der Waals surface area contributed by atoms with Gasteiger partial charge in [0.15, 0.2) is 11.9 Å². The van der Waals surface area contributed by atoms with Crippen molar-refractivity contribution in [3.63, 3.8) is 0 Å². The molecule has 0 aromatic heterocycles. The molecule has 2 rings (SSSR count). The molecule has 0 spiro atoms. The highest BCUT2D eigenvalue weighted by Gasteiger charge is 2.35. The topological polar surface area (TPSA) is 79.2 Å². The Labute approximate surface area is 136 Å². The van der Waals surface area contributed by atoms with Gasteiger partial charge in [-0.05, 0) is 51.0 Å². The minimum Gasteiger partial charge on any atom is -0.481 e. The molecule has 1 amide bonds. The number of ketones is 1. The van der Waals surface area contributed by atoms with E-state index in [2.05, 4.69) is 11.4 Å². The van der Waals surface area contributed by atoms with Crippen molar-refractivity contribution in [2.45, 2.75) is 57.6 Å². The molecule has 1 N–H and O–H groups in total. The molecule has 122 valence electrons. The summed E-state index contributed by atoms with van der Waals surface area (Å²) in [5.41, 5.74) is -0.161. The van der Waals surface area contributed by atoms with Gasteiger partial charge in [-0.3, -0.25) is 9.59 Å². The fraction of sp³-hybridized carbons (Fsp3) is 0.500. The van der Waals surface area contributed by atoms with E-state index in [0.717, 1.165) is 19.3 Å².